The number of carbonyl (C=O) groups is 1. The Bertz CT molecular complexity index is 863. The third-order valence-corrected chi connectivity index (χ3v) is 4.45. The van der Waals surface area contributed by atoms with Gasteiger partial charge in [0.15, 0.2) is 0 Å². The van der Waals surface area contributed by atoms with Crippen molar-refractivity contribution >= 4 is 33.6 Å². The number of para-hydroxylation sites is 2. The largest absolute Gasteiger partial charge is 0.447 e. The number of benzene rings is 2. The fraction of sp³-hybridized carbons (Fsp3) is 0.118. The Morgan fingerprint density at radius 2 is 1.75 bits per heavy atom. The highest BCUT2D eigenvalue weighted by atomic mass is 32.2. The van der Waals surface area contributed by atoms with Gasteiger partial charge in [0.05, 0.1) is 23.3 Å². The van der Waals surface area contributed by atoms with Crippen LogP contribution in [0.1, 0.15) is 5.56 Å². The topological polar surface area (TPSA) is 75.7 Å². The molecule has 0 unspecified atom stereocenters. The maximum Gasteiger partial charge on any atom is 0.414 e. The van der Waals surface area contributed by atoms with Gasteiger partial charge in [0.1, 0.15) is 6.61 Å². The number of hydrogen-bond donors (Lipinski definition) is 1. The molecular formula is C17H16N2O4S. The van der Waals surface area contributed by atoms with Crippen LogP contribution in [0.4, 0.5) is 16.2 Å². The van der Waals surface area contributed by atoms with Gasteiger partial charge in [-0.15, -0.1) is 0 Å². The summed E-state index contributed by atoms with van der Waals surface area (Å²) in [5.41, 5.74) is 1.57. The number of rotatable bonds is 5. The maximum atomic E-state index is 12.3. The first kappa shape index (κ1) is 16.1. The molecule has 0 radical (unpaired) electrons. The summed E-state index contributed by atoms with van der Waals surface area (Å²) in [6.07, 6.45) is 1.02. The molecule has 2 aromatic rings. The third kappa shape index (κ3) is 3.75. The zero-order chi connectivity index (χ0) is 17.0. The van der Waals surface area contributed by atoms with Gasteiger partial charge in [-0.2, -0.15) is 0 Å². The molecule has 0 spiro atoms. The molecule has 1 heterocycles. The number of amides is 1. The SMILES string of the molecule is O=C1OCCN1c1ccccc1NS(=O)(=O)/C=C\c1ccccc1. The Balaban J connectivity index is 1.83. The molecule has 124 valence electrons. The molecular weight excluding hydrogens is 328 g/mol. The van der Waals surface area contributed by atoms with E-state index in [0.29, 0.717) is 17.9 Å². The molecule has 1 saturated heterocycles. The molecule has 3 rings (SSSR count). The van der Waals surface area contributed by atoms with E-state index in [1.165, 1.54) is 11.0 Å². The minimum Gasteiger partial charge on any atom is -0.447 e. The normalized spacial score (nSPS) is 14.8. The number of nitrogens with one attached hydrogen (secondary N) is 1. The lowest BCUT2D eigenvalue weighted by Crippen LogP contribution is -2.25. The van der Waals surface area contributed by atoms with Crippen LogP contribution >= 0.6 is 0 Å². The summed E-state index contributed by atoms with van der Waals surface area (Å²) in [6.45, 7) is 0.672. The fourth-order valence-corrected chi connectivity index (χ4v) is 3.21. The van der Waals surface area contributed by atoms with Crippen LogP contribution in [0, 0.1) is 0 Å². The van der Waals surface area contributed by atoms with Gasteiger partial charge < -0.3 is 4.74 Å². The van der Waals surface area contributed by atoms with E-state index < -0.39 is 16.1 Å². The van der Waals surface area contributed by atoms with Gasteiger partial charge in [-0.3, -0.25) is 9.62 Å². The number of ether oxygens (including phenoxy) is 1. The van der Waals surface area contributed by atoms with Gasteiger partial charge in [-0.05, 0) is 23.8 Å². The van der Waals surface area contributed by atoms with Crippen LogP contribution in [0.15, 0.2) is 60.0 Å². The molecule has 1 aliphatic heterocycles. The average molecular weight is 344 g/mol. The first-order chi connectivity index (χ1) is 11.6. The van der Waals surface area contributed by atoms with Crippen molar-refractivity contribution in [1.29, 1.82) is 0 Å². The van der Waals surface area contributed by atoms with Crippen molar-refractivity contribution in [1.82, 2.24) is 0 Å². The quantitative estimate of drug-likeness (QED) is 0.904. The Morgan fingerprint density at radius 1 is 1.04 bits per heavy atom. The van der Waals surface area contributed by atoms with Gasteiger partial charge in [0, 0.05) is 0 Å². The lowest BCUT2D eigenvalue weighted by molar-refractivity contribution is 0.181. The zero-order valence-corrected chi connectivity index (χ0v) is 13.6. The number of carbonyl (C=O) groups excluding carboxylic acids is 1. The van der Waals surface area contributed by atoms with Gasteiger partial charge in [0.2, 0.25) is 0 Å². The first-order valence-electron chi connectivity index (χ1n) is 7.34. The van der Waals surface area contributed by atoms with E-state index in [1.54, 1.807) is 36.4 Å². The van der Waals surface area contributed by atoms with E-state index in [1.807, 2.05) is 18.2 Å². The van der Waals surface area contributed by atoms with Crippen LogP contribution in [0.3, 0.4) is 0 Å². The summed E-state index contributed by atoms with van der Waals surface area (Å²) in [6, 6.07) is 15.8. The van der Waals surface area contributed by atoms with Gasteiger partial charge in [-0.25, -0.2) is 13.2 Å². The molecule has 0 saturated carbocycles. The molecule has 0 aliphatic carbocycles. The van der Waals surface area contributed by atoms with Crippen LogP contribution in [0.5, 0.6) is 0 Å². The molecule has 7 heteroatoms. The van der Waals surface area contributed by atoms with Crippen LogP contribution in [-0.4, -0.2) is 27.7 Å². The van der Waals surface area contributed by atoms with Crippen molar-refractivity contribution in [2.75, 3.05) is 22.8 Å². The molecule has 6 nitrogen and oxygen atoms in total. The maximum absolute atomic E-state index is 12.3. The van der Waals surface area contributed by atoms with E-state index in [-0.39, 0.29) is 6.61 Å². The Labute approximate surface area is 140 Å². The number of nitrogens with zero attached hydrogens (tertiary/aromatic N) is 1. The minimum absolute atomic E-state index is 0.286. The van der Waals surface area contributed by atoms with Crippen molar-refractivity contribution < 1.29 is 17.9 Å². The molecule has 1 amide bonds. The summed E-state index contributed by atoms with van der Waals surface area (Å²) in [7, 11) is -3.71. The predicted molar refractivity (Wildman–Crippen MR) is 93.2 cm³/mol. The lowest BCUT2D eigenvalue weighted by Gasteiger charge is -2.17. The smallest absolute Gasteiger partial charge is 0.414 e. The van der Waals surface area contributed by atoms with Crippen LogP contribution in [0.2, 0.25) is 0 Å². The van der Waals surface area contributed by atoms with Crippen LogP contribution < -0.4 is 9.62 Å². The average Bonchev–Trinajstić information content (AvgIpc) is 3.00. The zero-order valence-electron chi connectivity index (χ0n) is 12.8. The van der Waals surface area contributed by atoms with Crippen molar-refractivity contribution in [2.45, 2.75) is 0 Å². The Kier molecular flexibility index (Phi) is 4.52. The minimum atomic E-state index is -3.71. The summed E-state index contributed by atoms with van der Waals surface area (Å²) >= 11 is 0. The second-order valence-corrected chi connectivity index (χ2v) is 6.71. The van der Waals surface area contributed by atoms with Crippen molar-refractivity contribution in [3.05, 3.63) is 65.6 Å². The van der Waals surface area contributed by atoms with E-state index in [9.17, 15) is 13.2 Å². The number of anilines is 2. The highest BCUT2D eigenvalue weighted by Crippen LogP contribution is 2.28. The summed E-state index contributed by atoms with van der Waals surface area (Å²) in [4.78, 5) is 13.1. The van der Waals surface area contributed by atoms with Crippen molar-refractivity contribution in [3.8, 4) is 0 Å². The second kappa shape index (κ2) is 6.76. The first-order valence-corrected chi connectivity index (χ1v) is 8.89. The van der Waals surface area contributed by atoms with E-state index in [0.717, 1.165) is 11.0 Å². The Morgan fingerprint density at radius 3 is 2.46 bits per heavy atom. The number of sulfonamides is 1. The molecule has 2 aromatic carbocycles. The standard InChI is InChI=1S/C17H16N2O4S/c20-17-19(11-12-23-17)16-9-5-4-8-15(16)18-24(21,22)13-10-14-6-2-1-3-7-14/h1-10,13,18H,11-12H2/b13-10-. The van der Waals surface area contributed by atoms with E-state index >= 15 is 0 Å². The molecule has 1 fully saturated rings. The molecule has 0 aromatic heterocycles. The second-order valence-electron chi connectivity index (χ2n) is 5.14. The third-order valence-electron chi connectivity index (χ3n) is 3.45. The highest BCUT2D eigenvalue weighted by Gasteiger charge is 2.26. The molecule has 1 aliphatic rings. The summed E-state index contributed by atoms with van der Waals surface area (Å²) in [5, 5.41) is 1.10. The van der Waals surface area contributed by atoms with Crippen molar-refractivity contribution in [3.63, 3.8) is 0 Å². The monoisotopic (exact) mass is 344 g/mol. The predicted octanol–water partition coefficient (Wildman–Crippen LogP) is 3.06. The molecule has 0 bridgehead atoms. The highest BCUT2D eigenvalue weighted by molar-refractivity contribution is 7.95. The number of hydrogen-bond acceptors (Lipinski definition) is 4. The molecule has 1 N–H and O–H groups in total. The molecule has 0 atom stereocenters. The molecule has 24 heavy (non-hydrogen) atoms. The van der Waals surface area contributed by atoms with E-state index in [2.05, 4.69) is 4.72 Å². The Hall–Kier alpha value is -2.80. The van der Waals surface area contributed by atoms with Crippen LogP contribution in [0.25, 0.3) is 6.08 Å². The summed E-state index contributed by atoms with van der Waals surface area (Å²) < 4.78 is 32.0. The fourth-order valence-electron chi connectivity index (χ4n) is 2.33. The van der Waals surface area contributed by atoms with Crippen LogP contribution in [-0.2, 0) is 14.8 Å². The van der Waals surface area contributed by atoms with Gasteiger partial charge >= 0.3 is 6.09 Å². The number of cyclic esters (lactones) is 1. The van der Waals surface area contributed by atoms with Gasteiger partial charge in [0.25, 0.3) is 10.0 Å². The van der Waals surface area contributed by atoms with Gasteiger partial charge in [-0.1, -0.05) is 42.5 Å². The summed E-state index contributed by atoms with van der Waals surface area (Å²) in [5.74, 6) is 0. The lowest BCUT2D eigenvalue weighted by atomic mass is 10.2. The van der Waals surface area contributed by atoms with E-state index in [4.69, 9.17) is 4.74 Å². The van der Waals surface area contributed by atoms with Crippen molar-refractivity contribution in [2.24, 2.45) is 0 Å².